The van der Waals surface area contributed by atoms with Gasteiger partial charge in [0.2, 0.25) is 0 Å². The molecule has 9 nitrogen and oxygen atoms in total. The normalized spacial score (nSPS) is 19.2. The van der Waals surface area contributed by atoms with Gasteiger partial charge in [0.25, 0.3) is 0 Å². The third-order valence-corrected chi connectivity index (χ3v) is 7.60. The maximum atomic E-state index is 13.9. The van der Waals surface area contributed by atoms with Gasteiger partial charge < -0.3 is 9.47 Å². The topological polar surface area (TPSA) is 106 Å². The first-order valence-electron chi connectivity index (χ1n) is 11.2. The van der Waals surface area contributed by atoms with Gasteiger partial charge in [0.05, 0.1) is 49.0 Å². The summed E-state index contributed by atoms with van der Waals surface area (Å²) < 4.78 is 24.9. The van der Waals surface area contributed by atoms with E-state index < -0.39 is 11.8 Å². The molecular formula is C24H20ClFN6O3S. The maximum absolute atomic E-state index is 13.9. The molecule has 3 aromatic heterocycles. The van der Waals surface area contributed by atoms with E-state index >= 15 is 0 Å². The zero-order chi connectivity index (χ0) is 24.8. The van der Waals surface area contributed by atoms with Gasteiger partial charge in [-0.05, 0) is 18.2 Å². The van der Waals surface area contributed by atoms with E-state index in [2.05, 4.69) is 25.1 Å². The number of benzene rings is 1. The molecule has 0 saturated carbocycles. The third-order valence-electron chi connectivity index (χ3n) is 6.52. The molecule has 1 saturated heterocycles. The second-order valence-corrected chi connectivity index (χ2v) is 9.86. The predicted octanol–water partition coefficient (Wildman–Crippen LogP) is 4.07. The Labute approximate surface area is 214 Å². The zero-order valence-electron chi connectivity index (χ0n) is 19.1. The smallest absolute Gasteiger partial charge is 0.342 e. The van der Waals surface area contributed by atoms with Crippen LogP contribution in [-0.4, -0.2) is 62.4 Å². The van der Waals surface area contributed by atoms with Crippen LogP contribution in [-0.2, 0) is 22.4 Å². The Morgan fingerprint density at radius 3 is 3.03 bits per heavy atom. The quantitative estimate of drug-likeness (QED) is 0.388. The van der Waals surface area contributed by atoms with Gasteiger partial charge in [-0.25, -0.2) is 24.1 Å². The first kappa shape index (κ1) is 23.2. The van der Waals surface area contributed by atoms with Crippen molar-refractivity contribution in [1.82, 2.24) is 30.0 Å². The van der Waals surface area contributed by atoms with Crippen molar-refractivity contribution in [2.45, 2.75) is 25.0 Å². The van der Waals surface area contributed by atoms with E-state index in [4.69, 9.17) is 26.1 Å². The van der Waals surface area contributed by atoms with Crippen LogP contribution in [0.4, 0.5) is 4.39 Å². The molecule has 2 bridgehead atoms. The maximum Gasteiger partial charge on any atom is 0.342 e. The van der Waals surface area contributed by atoms with Crippen molar-refractivity contribution in [1.29, 1.82) is 0 Å². The van der Waals surface area contributed by atoms with Crippen LogP contribution in [0.2, 0.25) is 5.02 Å². The fourth-order valence-corrected chi connectivity index (χ4v) is 5.70. The summed E-state index contributed by atoms with van der Waals surface area (Å²) in [4.78, 5) is 29.3. The third kappa shape index (κ3) is 3.97. The highest BCUT2D eigenvalue weighted by Crippen LogP contribution is 2.39. The van der Waals surface area contributed by atoms with E-state index in [0.717, 1.165) is 17.7 Å². The molecule has 5 heterocycles. The van der Waals surface area contributed by atoms with Crippen LogP contribution in [0.25, 0.3) is 22.1 Å². The molecule has 1 N–H and O–H groups in total. The molecule has 2 aliphatic heterocycles. The van der Waals surface area contributed by atoms with Gasteiger partial charge >= 0.3 is 5.97 Å². The Morgan fingerprint density at radius 1 is 1.36 bits per heavy atom. The van der Waals surface area contributed by atoms with Crippen LogP contribution in [0.5, 0.6) is 0 Å². The van der Waals surface area contributed by atoms with E-state index in [1.807, 2.05) is 11.6 Å². The van der Waals surface area contributed by atoms with E-state index in [1.165, 1.54) is 36.6 Å². The Morgan fingerprint density at radius 2 is 2.25 bits per heavy atom. The first-order chi connectivity index (χ1) is 17.5. The average molecular weight is 527 g/mol. The first-order valence-corrected chi connectivity index (χ1v) is 12.5. The number of carbonyl (C=O) groups is 1. The Balaban J connectivity index is 1.53. The SMILES string of the molecule is COC(=O)c1c(CN2C3COC[C@H]2c2cn[nH]c2C3)nc(-c2nccs2)nc1-c1ccc(F)cc1Cl. The number of ether oxygens (including phenoxy) is 2. The number of thiazole rings is 1. The highest BCUT2D eigenvalue weighted by Gasteiger charge is 2.40. The number of carbonyl (C=O) groups excluding carboxylic acids is 1. The molecule has 0 amide bonds. The molecular weight excluding hydrogens is 507 g/mol. The number of aromatic nitrogens is 5. The molecule has 2 atom stereocenters. The molecule has 6 rings (SSSR count). The Hall–Kier alpha value is -3.25. The van der Waals surface area contributed by atoms with E-state index in [-0.39, 0.29) is 28.4 Å². The van der Waals surface area contributed by atoms with Crippen molar-refractivity contribution in [2.75, 3.05) is 20.3 Å². The Bertz CT molecular complexity index is 1450. The molecule has 184 valence electrons. The van der Waals surface area contributed by atoms with Crippen molar-refractivity contribution < 1.29 is 18.7 Å². The van der Waals surface area contributed by atoms with Gasteiger partial charge in [0.15, 0.2) is 10.8 Å². The lowest BCUT2D eigenvalue weighted by atomic mass is 9.91. The molecule has 0 aliphatic carbocycles. The number of fused-ring (bicyclic) bond motifs is 4. The molecule has 1 unspecified atom stereocenters. The summed E-state index contributed by atoms with van der Waals surface area (Å²) in [6.45, 7) is 1.38. The predicted molar refractivity (Wildman–Crippen MR) is 130 cm³/mol. The monoisotopic (exact) mass is 526 g/mol. The van der Waals surface area contributed by atoms with Gasteiger partial charge in [-0.15, -0.1) is 11.3 Å². The number of halogens is 2. The van der Waals surface area contributed by atoms with Crippen LogP contribution < -0.4 is 0 Å². The summed E-state index contributed by atoms with van der Waals surface area (Å²) in [5.74, 6) is -0.742. The van der Waals surface area contributed by atoms with Gasteiger partial charge in [-0.3, -0.25) is 10.00 Å². The molecule has 0 radical (unpaired) electrons. The number of rotatable bonds is 5. The van der Waals surface area contributed by atoms with E-state index in [1.54, 1.807) is 6.20 Å². The van der Waals surface area contributed by atoms with Gasteiger partial charge in [-0.1, -0.05) is 11.6 Å². The number of aromatic amines is 1. The van der Waals surface area contributed by atoms with Crippen molar-refractivity contribution in [3.05, 3.63) is 69.3 Å². The molecule has 12 heteroatoms. The van der Waals surface area contributed by atoms with Crippen molar-refractivity contribution in [3.8, 4) is 22.1 Å². The molecule has 2 aliphatic rings. The summed E-state index contributed by atoms with van der Waals surface area (Å²) >= 11 is 7.80. The largest absolute Gasteiger partial charge is 0.465 e. The Kier molecular flexibility index (Phi) is 6.00. The van der Waals surface area contributed by atoms with Crippen LogP contribution in [0.3, 0.4) is 0 Å². The lowest BCUT2D eigenvalue weighted by Gasteiger charge is -2.45. The average Bonchev–Trinajstić information content (AvgIpc) is 3.56. The van der Waals surface area contributed by atoms with Gasteiger partial charge in [0, 0.05) is 47.4 Å². The van der Waals surface area contributed by atoms with Crippen molar-refractivity contribution >= 4 is 28.9 Å². The number of nitrogens with one attached hydrogen (secondary N) is 1. The highest BCUT2D eigenvalue weighted by molar-refractivity contribution is 7.13. The summed E-state index contributed by atoms with van der Waals surface area (Å²) in [5.41, 5.74) is 3.50. The summed E-state index contributed by atoms with van der Waals surface area (Å²) in [7, 11) is 1.30. The molecule has 4 aromatic rings. The fraction of sp³-hybridized carbons (Fsp3) is 0.292. The second kappa shape index (κ2) is 9.32. The minimum Gasteiger partial charge on any atom is -0.465 e. The molecule has 1 aromatic carbocycles. The lowest BCUT2D eigenvalue weighted by molar-refractivity contribution is -0.0637. The summed E-state index contributed by atoms with van der Waals surface area (Å²) in [6, 6.07) is 3.99. The van der Waals surface area contributed by atoms with Crippen LogP contribution in [0.15, 0.2) is 36.0 Å². The number of methoxy groups -OCH3 is 1. The lowest BCUT2D eigenvalue weighted by Crippen LogP contribution is -2.51. The zero-order valence-corrected chi connectivity index (χ0v) is 20.6. The standard InChI is InChI=1S/C24H20ClFN6O3S/c1-34-24(33)20-18(9-32-13-7-17-15(8-28-31-17)19(32)11-35-10-13)29-22(23-27-4-5-36-23)30-21(20)14-3-2-12(26)6-16(14)25/h2-6,8,13,19H,7,9-11H2,1H3,(H,28,31)/t13?,19-/m0/s1. The second-order valence-electron chi connectivity index (χ2n) is 8.56. The van der Waals surface area contributed by atoms with Gasteiger partial charge in [-0.2, -0.15) is 5.10 Å². The van der Waals surface area contributed by atoms with Crippen molar-refractivity contribution in [3.63, 3.8) is 0 Å². The van der Waals surface area contributed by atoms with Crippen LogP contribution >= 0.6 is 22.9 Å². The number of hydrogen-bond donors (Lipinski definition) is 1. The van der Waals surface area contributed by atoms with Gasteiger partial charge in [0.1, 0.15) is 11.4 Å². The van der Waals surface area contributed by atoms with E-state index in [9.17, 15) is 9.18 Å². The molecule has 36 heavy (non-hydrogen) atoms. The number of nitrogens with zero attached hydrogens (tertiary/aromatic N) is 5. The number of morpholine rings is 1. The minimum atomic E-state index is -0.603. The summed E-state index contributed by atoms with van der Waals surface area (Å²) in [5, 5.41) is 9.86. The van der Waals surface area contributed by atoms with Crippen LogP contribution in [0, 0.1) is 5.82 Å². The minimum absolute atomic E-state index is 0.0483. The highest BCUT2D eigenvalue weighted by atomic mass is 35.5. The van der Waals surface area contributed by atoms with Crippen LogP contribution in [0.1, 0.15) is 33.4 Å². The number of esters is 1. The fourth-order valence-electron chi connectivity index (χ4n) is 4.87. The number of hydrogen-bond acceptors (Lipinski definition) is 9. The van der Waals surface area contributed by atoms with E-state index in [0.29, 0.717) is 41.8 Å². The van der Waals surface area contributed by atoms with Crippen molar-refractivity contribution in [2.24, 2.45) is 0 Å². The summed E-state index contributed by atoms with van der Waals surface area (Å²) in [6.07, 6.45) is 4.22. The molecule has 0 spiro atoms. The molecule has 1 fully saturated rings. The number of H-pyrrole nitrogens is 1.